The molecule has 0 N–H and O–H groups in total. The maximum absolute atomic E-state index is 2.58. The Bertz CT molecular complexity index is 2280. The summed E-state index contributed by atoms with van der Waals surface area (Å²) in [6, 6.07) is 48.8. The molecule has 2 aromatic heterocycles. The summed E-state index contributed by atoms with van der Waals surface area (Å²) in [5.74, 6) is 0.348. The predicted octanol–water partition coefficient (Wildman–Crippen LogP) is 10.2. The van der Waals surface area contributed by atoms with Gasteiger partial charge >= 0.3 is 0 Å². The highest BCUT2D eigenvalue weighted by Crippen LogP contribution is 2.53. The smallest absolute Gasteiger partial charge is 0.0622 e. The standard InChI is InChI=1S/C39H28N2/c1-25-24-34-36(32-22-12-13-23-33(32)40(34)26-14-4-2-5-15-26)39-35(25)37-30-20-10-8-18-28(30)29-19-9-11-21-31(29)38(37)41(39)27-16-6-3-7-17-27/h2-23,25H,24H2,1H3. The molecule has 41 heavy (non-hydrogen) atoms. The number of hydrogen-bond acceptors (Lipinski definition) is 0. The molecule has 0 saturated heterocycles. The van der Waals surface area contributed by atoms with E-state index < -0.39 is 0 Å². The van der Waals surface area contributed by atoms with Crippen LogP contribution in [-0.2, 0) is 6.42 Å². The monoisotopic (exact) mass is 524 g/mol. The normalized spacial score (nSPS) is 14.6. The van der Waals surface area contributed by atoms with Crippen molar-refractivity contribution in [3.05, 3.63) is 145 Å². The molecule has 8 aromatic rings. The van der Waals surface area contributed by atoms with E-state index in [9.17, 15) is 0 Å². The third-order valence-corrected chi connectivity index (χ3v) is 9.11. The average Bonchev–Trinajstić information content (AvgIpc) is 3.56. The Balaban J connectivity index is 1.57. The van der Waals surface area contributed by atoms with E-state index in [-0.39, 0.29) is 0 Å². The molecular weight excluding hydrogens is 496 g/mol. The van der Waals surface area contributed by atoms with E-state index >= 15 is 0 Å². The van der Waals surface area contributed by atoms with Gasteiger partial charge in [-0.1, -0.05) is 110 Å². The lowest BCUT2D eigenvalue weighted by molar-refractivity contribution is 0.722. The summed E-state index contributed by atoms with van der Waals surface area (Å²) < 4.78 is 5.09. The summed E-state index contributed by atoms with van der Waals surface area (Å²) >= 11 is 0. The molecule has 1 atom stereocenters. The number of benzene rings is 6. The SMILES string of the molecule is CC1Cc2c(c3ccccc3n2-c2ccccc2)-c2c1c1c3ccccc3c3ccccc3c1n2-c1ccccc1. The van der Waals surface area contributed by atoms with Crippen LogP contribution in [0.15, 0.2) is 133 Å². The van der Waals surface area contributed by atoms with E-state index in [1.165, 1.54) is 77.2 Å². The molecule has 6 aromatic carbocycles. The van der Waals surface area contributed by atoms with Gasteiger partial charge in [0.25, 0.3) is 0 Å². The van der Waals surface area contributed by atoms with Crippen molar-refractivity contribution in [2.24, 2.45) is 0 Å². The molecule has 9 rings (SSSR count). The Morgan fingerprint density at radius 3 is 1.71 bits per heavy atom. The lowest BCUT2D eigenvalue weighted by atomic mass is 9.83. The largest absolute Gasteiger partial charge is 0.313 e. The molecule has 0 aliphatic heterocycles. The highest BCUT2D eigenvalue weighted by molar-refractivity contribution is 6.27. The van der Waals surface area contributed by atoms with E-state index in [0.717, 1.165) is 6.42 Å². The van der Waals surface area contributed by atoms with E-state index in [4.69, 9.17) is 0 Å². The molecule has 0 saturated carbocycles. The van der Waals surface area contributed by atoms with Gasteiger partial charge in [0.15, 0.2) is 0 Å². The molecule has 194 valence electrons. The molecule has 1 aliphatic carbocycles. The van der Waals surface area contributed by atoms with Gasteiger partial charge in [-0.05, 0) is 64.4 Å². The second-order valence-corrected chi connectivity index (χ2v) is 11.4. The lowest BCUT2D eigenvalue weighted by Gasteiger charge is -2.24. The Labute approximate surface area is 238 Å². The van der Waals surface area contributed by atoms with Crippen LogP contribution in [0.3, 0.4) is 0 Å². The highest BCUT2D eigenvalue weighted by atomic mass is 15.0. The lowest BCUT2D eigenvalue weighted by Crippen LogP contribution is -2.12. The van der Waals surface area contributed by atoms with Gasteiger partial charge in [0, 0.05) is 38.8 Å². The molecular formula is C39H28N2. The van der Waals surface area contributed by atoms with Crippen LogP contribution in [0.4, 0.5) is 0 Å². The van der Waals surface area contributed by atoms with Gasteiger partial charge in [-0.25, -0.2) is 0 Å². The summed E-state index contributed by atoms with van der Waals surface area (Å²) in [4.78, 5) is 0. The van der Waals surface area contributed by atoms with Gasteiger partial charge in [0.2, 0.25) is 0 Å². The van der Waals surface area contributed by atoms with Crippen LogP contribution < -0.4 is 0 Å². The Morgan fingerprint density at radius 1 is 0.512 bits per heavy atom. The third-order valence-electron chi connectivity index (χ3n) is 9.11. The molecule has 0 radical (unpaired) electrons. The van der Waals surface area contributed by atoms with Crippen molar-refractivity contribution in [1.82, 2.24) is 9.13 Å². The number of fused-ring (bicyclic) bond motifs is 12. The first-order valence-electron chi connectivity index (χ1n) is 14.5. The fourth-order valence-corrected chi connectivity index (χ4v) is 7.55. The summed E-state index contributed by atoms with van der Waals surface area (Å²) in [6.07, 6.45) is 0.987. The Hall–Kier alpha value is -5.08. The van der Waals surface area contributed by atoms with Crippen LogP contribution in [0.1, 0.15) is 24.1 Å². The van der Waals surface area contributed by atoms with Gasteiger partial charge in [-0.3, -0.25) is 0 Å². The van der Waals surface area contributed by atoms with Crippen molar-refractivity contribution in [3.8, 4) is 22.6 Å². The van der Waals surface area contributed by atoms with E-state index in [0.29, 0.717) is 5.92 Å². The van der Waals surface area contributed by atoms with Crippen molar-refractivity contribution in [2.75, 3.05) is 0 Å². The minimum atomic E-state index is 0.348. The zero-order valence-electron chi connectivity index (χ0n) is 22.9. The molecule has 2 heterocycles. The van der Waals surface area contributed by atoms with Crippen LogP contribution in [0.5, 0.6) is 0 Å². The molecule has 0 spiro atoms. The van der Waals surface area contributed by atoms with Gasteiger partial charge < -0.3 is 9.13 Å². The van der Waals surface area contributed by atoms with Crippen LogP contribution in [0, 0.1) is 0 Å². The average molecular weight is 525 g/mol. The van der Waals surface area contributed by atoms with Crippen molar-refractivity contribution in [1.29, 1.82) is 0 Å². The van der Waals surface area contributed by atoms with Crippen molar-refractivity contribution >= 4 is 43.4 Å². The number of aromatic nitrogens is 2. The molecule has 1 unspecified atom stereocenters. The van der Waals surface area contributed by atoms with Crippen LogP contribution in [0.25, 0.3) is 66.0 Å². The van der Waals surface area contributed by atoms with E-state index in [1.807, 2.05) is 0 Å². The first-order valence-corrected chi connectivity index (χ1v) is 14.5. The summed E-state index contributed by atoms with van der Waals surface area (Å²) in [6.45, 7) is 2.42. The summed E-state index contributed by atoms with van der Waals surface area (Å²) in [7, 11) is 0. The second-order valence-electron chi connectivity index (χ2n) is 11.4. The zero-order chi connectivity index (χ0) is 27.1. The number of rotatable bonds is 2. The van der Waals surface area contributed by atoms with Crippen molar-refractivity contribution < 1.29 is 0 Å². The van der Waals surface area contributed by atoms with Crippen LogP contribution in [0.2, 0.25) is 0 Å². The number of nitrogens with zero attached hydrogens (tertiary/aromatic N) is 2. The van der Waals surface area contributed by atoms with Crippen molar-refractivity contribution in [2.45, 2.75) is 19.3 Å². The summed E-state index contributed by atoms with van der Waals surface area (Å²) in [5.41, 5.74) is 10.6. The van der Waals surface area contributed by atoms with Crippen molar-refractivity contribution in [3.63, 3.8) is 0 Å². The van der Waals surface area contributed by atoms with Gasteiger partial charge in [0.1, 0.15) is 0 Å². The van der Waals surface area contributed by atoms with Gasteiger partial charge in [-0.2, -0.15) is 0 Å². The topological polar surface area (TPSA) is 9.86 Å². The number of hydrogen-bond donors (Lipinski definition) is 0. The highest BCUT2D eigenvalue weighted by Gasteiger charge is 2.35. The summed E-state index contributed by atoms with van der Waals surface area (Å²) in [5, 5.41) is 7.99. The minimum Gasteiger partial charge on any atom is -0.313 e. The maximum Gasteiger partial charge on any atom is 0.0622 e. The van der Waals surface area contributed by atoms with Crippen LogP contribution in [-0.4, -0.2) is 9.13 Å². The molecule has 0 bridgehead atoms. The van der Waals surface area contributed by atoms with E-state index in [1.54, 1.807) is 0 Å². The second kappa shape index (κ2) is 8.46. The van der Waals surface area contributed by atoms with Gasteiger partial charge in [-0.15, -0.1) is 0 Å². The van der Waals surface area contributed by atoms with Gasteiger partial charge in [0.05, 0.1) is 16.7 Å². The fraction of sp³-hybridized carbons (Fsp3) is 0.0769. The maximum atomic E-state index is 2.58. The van der Waals surface area contributed by atoms with Crippen LogP contribution >= 0.6 is 0 Å². The number of para-hydroxylation sites is 3. The first kappa shape index (κ1) is 22.7. The fourth-order valence-electron chi connectivity index (χ4n) is 7.55. The molecule has 2 nitrogen and oxygen atoms in total. The first-order chi connectivity index (χ1) is 20.3. The Kier molecular flexibility index (Phi) is 4.68. The minimum absolute atomic E-state index is 0.348. The Morgan fingerprint density at radius 2 is 1.02 bits per heavy atom. The molecule has 2 heteroatoms. The molecule has 1 aliphatic rings. The zero-order valence-corrected chi connectivity index (χ0v) is 22.9. The quantitative estimate of drug-likeness (QED) is 0.199. The predicted molar refractivity (Wildman–Crippen MR) is 173 cm³/mol. The van der Waals surface area contributed by atoms with E-state index in [2.05, 4.69) is 150 Å². The third kappa shape index (κ3) is 3.02. The molecule has 0 amide bonds. The molecule has 0 fully saturated rings.